The predicted octanol–water partition coefficient (Wildman–Crippen LogP) is 6.00. The molecule has 0 unspecified atom stereocenters. The maximum atomic E-state index is 12.1. The number of carbonyl (C=O) groups excluding carboxylic acids is 1. The van der Waals surface area contributed by atoms with Crippen LogP contribution in [-0.2, 0) is 16.1 Å². The summed E-state index contributed by atoms with van der Waals surface area (Å²) >= 11 is 6.24. The Kier molecular flexibility index (Phi) is 5.13. The van der Waals surface area contributed by atoms with Crippen molar-refractivity contribution in [1.29, 1.82) is 0 Å². The van der Waals surface area contributed by atoms with Crippen LogP contribution in [0.5, 0.6) is 0 Å². The monoisotopic (exact) mass is 628 g/mol. The minimum absolute atomic E-state index is 0.216. The van der Waals surface area contributed by atoms with Gasteiger partial charge in [-0.1, -0.05) is 48.5 Å². The van der Waals surface area contributed by atoms with Gasteiger partial charge >= 0.3 is 5.97 Å². The number of benzene rings is 3. The summed E-state index contributed by atoms with van der Waals surface area (Å²) in [6.07, 6.45) is 0. The molecule has 0 heterocycles. The second kappa shape index (κ2) is 6.76. The van der Waals surface area contributed by atoms with Crippen molar-refractivity contribution in [2.24, 2.45) is 0 Å². The molecule has 0 spiro atoms. The third-order valence-corrected chi connectivity index (χ3v) is 4.78. The molecule has 5 heteroatoms. The van der Waals surface area contributed by atoms with E-state index < -0.39 is -0.565 Å². The molecule has 2 nitrogen and oxygen atoms in total. The van der Waals surface area contributed by atoms with E-state index in [1.165, 1.54) is 0 Å². The molecule has 112 valence electrons. The van der Waals surface area contributed by atoms with Crippen molar-refractivity contribution in [2.75, 3.05) is 0 Å². The topological polar surface area (TPSA) is 26.3 Å². The zero-order valence-electron chi connectivity index (χ0n) is 11.4. The molecular formula is C17H11I3O2. The number of hydrogen-bond acceptors (Lipinski definition) is 2. The van der Waals surface area contributed by atoms with Crippen molar-refractivity contribution in [3.8, 4) is 0 Å². The Balaban J connectivity index is 2.10. The third-order valence-electron chi connectivity index (χ3n) is 3.46. The van der Waals surface area contributed by atoms with Gasteiger partial charge in [0, 0.05) is 5.56 Å². The zero-order chi connectivity index (χ0) is 15.7. The lowest BCUT2D eigenvalue weighted by atomic mass is 9.97. The van der Waals surface area contributed by atoms with Crippen LogP contribution in [0.1, 0.15) is 5.56 Å². The van der Waals surface area contributed by atoms with Gasteiger partial charge in [0.05, 0.1) is 0 Å². The fourth-order valence-electron chi connectivity index (χ4n) is 2.48. The number of esters is 1. The molecule has 0 aromatic heterocycles. The molecule has 3 rings (SSSR count). The normalized spacial score (nSPS) is 11.8. The first kappa shape index (κ1) is 16.7. The van der Waals surface area contributed by atoms with Gasteiger partial charge in [0.25, 0.3) is 0 Å². The summed E-state index contributed by atoms with van der Waals surface area (Å²) in [6.45, 7) is 0.289. The molecule has 3 aromatic carbocycles. The SMILES string of the molecule is O=C(OCc1c2ccccc2cc2ccccc12)C(I)(I)I. The highest BCUT2D eigenvalue weighted by atomic mass is 127. The van der Waals surface area contributed by atoms with E-state index in [0.717, 1.165) is 27.1 Å². The molecule has 0 saturated carbocycles. The molecule has 0 fully saturated rings. The van der Waals surface area contributed by atoms with E-state index in [4.69, 9.17) is 4.74 Å². The van der Waals surface area contributed by atoms with E-state index in [-0.39, 0.29) is 12.6 Å². The third kappa shape index (κ3) is 3.50. The Morgan fingerprint density at radius 2 is 1.41 bits per heavy atom. The van der Waals surface area contributed by atoms with E-state index >= 15 is 0 Å². The van der Waals surface area contributed by atoms with Crippen LogP contribution in [0, 0.1) is 0 Å². The highest BCUT2D eigenvalue weighted by Gasteiger charge is 2.30. The summed E-state index contributed by atoms with van der Waals surface area (Å²) in [5.41, 5.74) is 1.07. The number of carbonyl (C=O) groups is 1. The van der Waals surface area contributed by atoms with Gasteiger partial charge in [-0.2, -0.15) is 0 Å². The van der Waals surface area contributed by atoms with Crippen LogP contribution < -0.4 is 0 Å². The van der Waals surface area contributed by atoms with Gasteiger partial charge in [0.2, 0.25) is -0.565 Å². The maximum absolute atomic E-state index is 12.1. The van der Waals surface area contributed by atoms with E-state index in [0.29, 0.717) is 0 Å². The van der Waals surface area contributed by atoms with Crippen molar-refractivity contribution < 1.29 is 9.53 Å². The van der Waals surface area contributed by atoms with Crippen LogP contribution in [0.4, 0.5) is 0 Å². The lowest BCUT2D eigenvalue weighted by Crippen LogP contribution is -2.19. The van der Waals surface area contributed by atoms with Gasteiger partial charge in [-0.25, -0.2) is 4.79 Å². The van der Waals surface area contributed by atoms with Crippen LogP contribution in [0.3, 0.4) is 0 Å². The van der Waals surface area contributed by atoms with E-state index in [1.807, 2.05) is 24.3 Å². The highest BCUT2D eigenvalue weighted by Crippen LogP contribution is 2.37. The highest BCUT2D eigenvalue weighted by molar-refractivity contribution is 14.3. The van der Waals surface area contributed by atoms with Crippen molar-refractivity contribution in [3.63, 3.8) is 0 Å². The number of hydrogen-bond donors (Lipinski definition) is 0. The van der Waals surface area contributed by atoms with E-state index in [1.54, 1.807) is 0 Å². The lowest BCUT2D eigenvalue weighted by Gasteiger charge is -2.15. The molecule has 0 saturated heterocycles. The van der Waals surface area contributed by atoms with Crippen LogP contribution in [0.2, 0.25) is 0 Å². The Morgan fingerprint density at radius 3 is 1.91 bits per heavy atom. The summed E-state index contributed by atoms with van der Waals surface area (Å²) in [6, 6.07) is 18.6. The van der Waals surface area contributed by atoms with Crippen molar-refractivity contribution in [3.05, 3.63) is 60.2 Å². The van der Waals surface area contributed by atoms with E-state index in [9.17, 15) is 4.79 Å². The summed E-state index contributed by atoms with van der Waals surface area (Å²) in [5, 5.41) is 4.60. The van der Waals surface area contributed by atoms with Crippen molar-refractivity contribution >= 4 is 95.3 Å². The molecular weight excluding hydrogens is 617 g/mol. The van der Waals surface area contributed by atoms with Gasteiger partial charge in [-0.05, 0) is 95.4 Å². The standard InChI is InChI=1S/C17H11I3O2/c18-17(19,20)16(21)22-10-15-13-7-3-1-5-11(13)9-12-6-2-4-8-14(12)15/h1-9H,10H2. The fraction of sp³-hybridized carbons (Fsp3) is 0.118. The van der Waals surface area contributed by atoms with Gasteiger partial charge in [-0.3, -0.25) is 0 Å². The predicted molar refractivity (Wildman–Crippen MR) is 116 cm³/mol. The number of halogens is 3. The number of ether oxygens (including phenoxy) is 1. The Morgan fingerprint density at radius 1 is 0.909 bits per heavy atom. The first-order valence-corrected chi connectivity index (χ1v) is 9.84. The Hall–Kier alpha value is -0.160. The van der Waals surface area contributed by atoms with Crippen LogP contribution in [0.25, 0.3) is 21.5 Å². The average molecular weight is 628 g/mol. The number of fused-ring (bicyclic) bond motifs is 2. The Labute approximate surface area is 169 Å². The molecule has 0 N–H and O–H groups in total. The van der Waals surface area contributed by atoms with Crippen LogP contribution in [-0.4, -0.2) is 5.40 Å². The summed E-state index contributed by atoms with van der Waals surface area (Å²) in [4.78, 5) is 12.1. The zero-order valence-corrected chi connectivity index (χ0v) is 17.8. The van der Waals surface area contributed by atoms with Gasteiger partial charge in [0.15, 0.2) is 0 Å². The summed E-state index contributed by atoms with van der Waals surface area (Å²) in [7, 11) is 0. The molecule has 0 atom stereocenters. The molecule has 0 aliphatic rings. The minimum Gasteiger partial charge on any atom is -0.459 e. The smallest absolute Gasteiger partial charge is 0.342 e. The molecule has 3 aromatic rings. The molecule has 0 radical (unpaired) electrons. The van der Waals surface area contributed by atoms with Crippen molar-refractivity contribution in [1.82, 2.24) is 0 Å². The van der Waals surface area contributed by atoms with Crippen LogP contribution >= 0.6 is 67.8 Å². The molecule has 22 heavy (non-hydrogen) atoms. The molecule has 0 aliphatic carbocycles. The average Bonchev–Trinajstić information content (AvgIpc) is 2.50. The first-order chi connectivity index (χ1) is 10.5. The second-order valence-electron chi connectivity index (χ2n) is 4.87. The first-order valence-electron chi connectivity index (χ1n) is 6.60. The summed E-state index contributed by atoms with van der Waals surface area (Å²) in [5.74, 6) is -0.216. The summed E-state index contributed by atoms with van der Waals surface area (Å²) < 4.78 is 4.97. The Bertz CT molecular complexity index is 799. The maximum Gasteiger partial charge on any atom is 0.342 e. The van der Waals surface area contributed by atoms with Gasteiger partial charge in [-0.15, -0.1) is 0 Å². The lowest BCUT2D eigenvalue weighted by molar-refractivity contribution is -0.142. The van der Waals surface area contributed by atoms with Gasteiger partial charge in [0.1, 0.15) is 6.61 Å². The minimum atomic E-state index is -0.576. The largest absolute Gasteiger partial charge is 0.459 e. The van der Waals surface area contributed by atoms with Crippen LogP contribution in [0.15, 0.2) is 54.6 Å². The number of rotatable bonds is 3. The second-order valence-corrected chi connectivity index (χ2v) is 15.9. The number of alkyl halides is 3. The molecule has 0 amide bonds. The van der Waals surface area contributed by atoms with E-state index in [2.05, 4.69) is 98.1 Å². The van der Waals surface area contributed by atoms with Crippen molar-refractivity contribution in [2.45, 2.75) is 6.04 Å². The molecule has 0 aliphatic heterocycles. The molecule has 0 bridgehead atoms. The fourth-order valence-corrected chi connectivity index (χ4v) is 2.95. The van der Waals surface area contributed by atoms with Gasteiger partial charge < -0.3 is 4.74 Å². The quantitative estimate of drug-likeness (QED) is 0.154.